The van der Waals surface area contributed by atoms with Gasteiger partial charge in [-0.1, -0.05) is 38.4 Å². The summed E-state index contributed by atoms with van der Waals surface area (Å²) in [5, 5.41) is -2.55. The van der Waals surface area contributed by atoms with Crippen molar-refractivity contribution in [1.29, 1.82) is 0 Å². The van der Waals surface area contributed by atoms with Crippen LogP contribution >= 0.6 is 23.5 Å². The Labute approximate surface area is 257 Å². The van der Waals surface area contributed by atoms with Crippen LogP contribution in [-0.4, -0.2) is 78.6 Å². The van der Waals surface area contributed by atoms with Gasteiger partial charge in [-0.15, -0.1) is 0 Å². The lowest BCUT2D eigenvalue weighted by Gasteiger charge is -2.67. The Morgan fingerprint density at radius 2 is 0.947 bits per heavy atom. The first kappa shape index (κ1) is 14.4. The Hall–Kier alpha value is -0.0400. The van der Waals surface area contributed by atoms with Crippen molar-refractivity contribution in [3.8, 4) is 0 Å². The molecule has 6 heteroatoms. The summed E-state index contributed by atoms with van der Waals surface area (Å²) in [5.41, 5.74) is 0. The Morgan fingerprint density at radius 1 is 0.500 bits per heavy atom. The van der Waals surface area contributed by atoms with Gasteiger partial charge >= 0.3 is 0 Å². The first-order valence-electron chi connectivity index (χ1n) is 22.4. The van der Waals surface area contributed by atoms with Crippen molar-refractivity contribution in [3.05, 3.63) is 0 Å². The molecule has 0 N–H and O–H groups in total. The number of fused-ring (bicyclic) bond motifs is 8. The molecule has 0 aromatic carbocycles. The second-order valence-electron chi connectivity index (χ2n) is 12.4. The van der Waals surface area contributed by atoms with Gasteiger partial charge in [0.1, 0.15) is 11.6 Å². The van der Waals surface area contributed by atoms with E-state index in [4.69, 9.17) is 16.4 Å². The van der Waals surface area contributed by atoms with Gasteiger partial charge in [0.05, 0.1) is 0 Å². The minimum atomic E-state index is -1.22. The summed E-state index contributed by atoms with van der Waals surface area (Å²) >= 11 is 2.58. The van der Waals surface area contributed by atoms with Crippen molar-refractivity contribution in [2.45, 2.75) is 160 Å². The lowest BCUT2D eigenvalue weighted by atomic mass is 9.58. The first-order valence-corrected chi connectivity index (χ1v) is 16.2. The summed E-state index contributed by atoms with van der Waals surface area (Å²) < 4.78 is 126. The molecule has 208 valence electrons. The van der Waals surface area contributed by atoms with Crippen LogP contribution in [0.15, 0.2) is 0 Å². The minimum absolute atomic E-state index is 0.0485. The average Bonchev–Trinajstić information content (AvgIpc) is 3.13. The Bertz CT molecular complexity index is 1390. The van der Waals surface area contributed by atoms with Crippen molar-refractivity contribution in [3.63, 3.8) is 0 Å². The number of nitrogens with zero attached hydrogens (tertiary/aromatic N) is 2. The van der Waals surface area contributed by atoms with Crippen molar-refractivity contribution < 1.29 is 28.8 Å². The van der Waals surface area contributed by atoms with Crippen LogP contribution in [0.4, 0.5) is 0 Å². The molecule has 4 aliphatic heterocycles. The highest BCUT2D eigenvalue weighted by atomic mass is 32.2. The minimum Gasteiger partial charge on any atom is -0.299 e. The van der Waals surface area contributed by atoms with Gasteiger partial charge in [-0.25, -0.2) is 0 Å². The largest absolute Gasteiger partial charge is 0.299 e. The van der Waals surface area contributed by atoms with Gasteiger partial charge in [0.15, 0.2) is 0 Å². The van der Waals surface area contributed by atoms with E-state index in [1.54, 1.807) is 0 Å². The second kappa shape index (κ2) is 9.23. The maximum absolute atomic E-state index is 14.8. The number of rotatable bonds is 0. The number of hydrogen-bond donors (Lipinski definition) is 0. The third-order valence-corrected chi connectivity index (χ3v) is 13.8. The maximum Gasteiger partial charge on any atom is 0.142 e. The molecule has 0 aromatic rings. The molecule has 0 spiro atoms. The van der Waals surface area contributed by atoms with E-state index in [1.165, 1.54) is 23.5 Å². The molecule has 0 aromatic heterocycles. The van der Waals surface area contributed by atoms with E-state index in [-0.39, 0.29) is 24.4 Å². The summed E-state index contributed by atoms with van der Waals surface area (Å²) in [6, 6.07) is -4.13. The first-order chi connectivity index (χ1) is 24.5. The van der Waals surface area contributed by atoms with Gasteiger partial charge in [0.2, 0.25) is 0 Å². The van der Waals surface area contributed by atoms with Gasteiger partial charge in [-0.05, 0) is 64.0 Å². The zero-order chi connectivity index (χ0) is 37.3. The highest BCUT2D eigenvalue weighted by molar-refractivity contribution is 8.00. The number of Topliss-reactive ketones (excluding diaryl/α,β-unsaturated/α-hetero) is 2. The predicted octanol–water partition coefficient (Wildman–Crippen LogP) is 5.71. The molecule has 0 amide bonds. The van der Waals surface area contributed by atoms with Crippen LogP contribution in [0.3, 0.4) is 0 Å². The number of carbonyl (C=O) groups excluding carboxylic acids is 2. The smallest absolute Gasteiger partial charge is 0.142 e. The number of hydrogen-bond acceptors (Lipinski definition) is 6. The van der Waals surface area contributed by atoms with E-state index >= 15 is 0 Å². The Balaban J connectivity index is 1.19. The molecular weight excluding hydrogens is 508 g/mol. The van der Waals surface area contributed by atoms with E-state index in [0.717, 1.165) is 0 Å². The van der Waals surface area contributed by atoms with Gasteiger partial charge in [0, 0.05) is 100 Å². The standard InChI is InChI=1S/C32H46N2O2S2/c35-31-17-7-5-13-27-29(17)33(21-9-1-3-11-25(21)37-27)23-16-24-20(15-19(23)31)32(36)18-8-6-14-28-30(18)34(24)22-10-2-4-12-26(22)38-28/h17-30H,1-16H2/i1D,2D,3D,4D,5D,6D,7D,8D,9D,10D,11D,12D,13D,14D. The fourth-order valence-electron chi connectivity index (χ4n) is 9.45. The van der Waals surface area contributed by atoms with E-state index in [2.05, 4.69) is 0 Å². The van der Waals surface area contributed by atoms with Crippen LogP contribution < -0.4 is 0 Å². The third kappa shape index (κ3) is 3.38. The van der Waals surface area contributed by atoms with Crippen molar-refractivity contribution >= 4 is 35.1 Å². The fourth-order valence-corrected chi connectivity index (χ4v) is 12.6. The fraction of sp³-hybridized carbons (Fsp3) is 0.938. The normalized spacial score (nSPS) is 88.4. The average molecular weight is 569 g/mol. The van der Waals surface area contributed by atoms with Crippen LogP contribution in [0, 0.1) is 23.7 Å². The molecule has 4 nitrogen and oxygen atoms in total. The van der Waals surface area contributed by atoms with E-state index < -0.39 is 170 Å². The van der Waals surface area contributed by atoms with Crippen molar-refractivity contribution in [1.82, 2.24) is 9.80 Å². The highest BCUT2D eigenvalue weighted by Gasteiger charge is 2.65. The molecule has 4 saturated heterocycles. The topological polar surface area (TPSA) is 40.6 Å². The number of carbonyl (C=O) groups is 2. The predicted molar refractivity (Wildman–Crippen MR) is 155 cm³/mol. The van der Waals surface area contributed by atoms with Crippen molar-refractivity contribution in [2.24, 2.45) is 23.7 Å². The molecule has 9 fully saturated rings. The molecule has 5 aliphatic carbocycles. The molecule has 38 heavy (non-hydrogen) atoms. The van der Waals surface area contributed by atoms with E-state index in [0.29, 0.717) is 0 Å². The van der Waals surface area contributed by atoms with Gasteiger partial charge < -0.3 is 0 Å². The third-order valence-electron chi connectivity index (χ3n) is 10.8. The molecule has 0 radical (unpaired) electrons. The van der Waals surface area contributed by atoms with E-state index in [9.17, 15) is 12.3 Å². The number of piperidine rings is 2. The van der Waals surface area contributed by atoms with Gasteiger partial charge in [-0.3, -0.25) is 19.4 Å². The molecule has 4 heterocycles. The summed E-state index contributed by atoms with van der Waals surface area (Å²) in [4.78, 5) is 33.6. The lowest BCUT2D eigenvalue weighted by molar-refractivity contribution is -0.168. The summed E-state index contributed by atoms with van der Waals surface area (Å²) in [7, 11) is 0. The quantitative estimate of drug-likeness (QED) is 0.373. The summed E-state index contributed by atoms with van der Waals surface area (Å²) in [6.07, 6.45) is -15.8. The maximum atomic E-state index is 14.8. The second-order valence-corrected chi connectivity index (χ2v) is 15.1. The zero-order valence-corrected chi connectivity index (χ0v) is 22.7. The van der Waals surface area contributed by atoms with Gasteiger partial charge in [0.25, 0.3) is 0 Å². The summed E-state index contributed by atoms with van der Waals surface area (Å²) in [6.45, 7) is 0. The molecule has 28 atom stereocenters. The SMILES string of the molecule is [2H]C1C([2H])C([2H])C2C(SC3C([2H])C([2H])C([2H])C4C(=O)C5CC6C(=O)C7C([2H])C([2H])C([2H])C8SC9C([2H])C([2H])C([2H])C([2H])C9N(C6CC5N2C34)C87)C1[2H]. The Kier molecular flexibility index (Phi) is 3.50. The lowest BCUT2D eigenvalue weighted by Crippen LogP contribution is -2.76. The Morgan fingerprint density at radius 3 is 1.45 bits per heavy atom. The van der Waals surface area contributed by atoms with Crippen LogP contribution in [0.2, 0.25) is 0 Å². The van der Waals surface area contributed by atoms with Gasteiger partial charge in [-0.2, -0.15) is 23.5 Å². The molecule has 28 unspecified atom stereocenters. The molecule has 5 saturated carbocycles. The molecule has 9 aliphatic rings. The zero-order valence-electron chi connectivity index (χ0n) is 35.1. The summed E-state index contributed by atoms with van der Waals surface area (Å²) in [5.74, 6) is -4.05. The molecule has 9 rings (SSSR count). The van der Waals surface area contributed by atoms with Crippen LogP contribution in [-0.2, 0) is 9.59 Å². The van der Waals surface area contributed by atoms with Crippen LogP contribution in [0.1, 0.15) is 122 Å². The number of thioether (sulfide) groups is 2. The molecular formula is C32H46N2O2S2. The molecule has 0 bridgehead atoms. The number of ketones is 2. The van der Waals surface area contributed by atoms with Crippen LogP contribution in [0.25, 0.3) is 0 Å². The monoisotopic (exact) mass is 568 g/mol. The highest BCUT2D eigenvalue weighted by Crippen LogP contribution is 2.59. The van der Waals surface area contributed by atoms with E-state index in [1.807, 2.05) is 9.80 Å². The van der Waals surface area contributed by atoms with Crippen LogP contribution in [0.5, 0.6) is 0 Å². The van der Waals surface area contributed by atoms with Crippen molar-refractivity contribution in [2.75, 3.05) is 0 Å².